The van der Waals surface area contributed by atoms with Crippen LogP contribution in [-0.4, -0.2) is 28.7 Å². The van der Waals surface area contributed by atoms with E-state index in [1.807, 2.05) is 0 Å². The molecule has 2 aromatic rings. The van der Waals surface area contributed by atoms with Crippen LogP contribution < -0.4 is 10.2 Å². The average molecular weight is 364 g/mol. The lowest BCUT2D eigenvalue weighted by Crippen LogP contribution is -2.16. The number of anilines is 1. The van der Waals surface area contributed by atoms with Crippen molar-refractivity contribution in [3.63, 3.8) is 0 Å². The lowest BCUT2D eigenvalue weighted by Gasteiger charge is -2.10. The first-order valence-electron chi connectivity index (χ1n) is 6.60. The molecule has 0 unspecified atom stereocenters. The number of alkyl halides is 6. The van der Waals surface area contributed by atoms with Gasteiger partial charge in [0.25, 0.3) is 0 Å². The zero-order valence-corrected chi connectivity index (χ0v) is 12.5. The van der Waals surface area contributed by atoms with Crippen LogP contribution in [0.1, 0.15) is 5.69 Å². The molecule has 0 saturated carbocycles. The molecule has 0 radical (unpaired) electrons. The molecule has 0 atom stereocenters. The van der Waals surface area contributed by atoms with Crippen LogP contribution in [0.4, 0.5) is 32.2 Å². The van der Waals surface area contributed by atoms with Crippen LogP contribution in [0.2, 0.25) is 0 Å². The zero-order chi connectivity index (χ0) is 18.7. The fourth-order valence-corrected chi connectivity index (χ4v) is 1.80. The highest BCUT2D eigenvalue weighted by Crippen LogP contribution is 2.27. The molecule has 25 heavy (non-hydrogen) atoms. The molecule has 0 aliphatic rings. The Balaban J connectivity index is 2.14. The van der Waals surface area contributed by atoms with Crippen LogP contribution in [0.25, 0.3) is 11.3 Å². The second-order valence-electron chi connectivity index (χ2n) is 4.67. The number of nitrogens with zero attached hydrogens (tertiary/aromatic N) is 3. The maximum absolute atomic E-state index is 12.1. The van der Waals surface area contributed by atoms with Crippen LogP contribution in [-0.2, 0) is 0 Å². The van der Waals surface area contributed by atoms with Gasteiger partial charge in [-0.1, -0.05) is 0 Å². The third-order valence-corrected chi connectivity index (χ3v) is 2.70. The first-order chi connectivity index (χ1) is 11.5. The van der Waals surface area contributed by atoms with E-state index in [0.717, 1.165) is 18.3 Å². The van der Waals surface area contributed by atoms with Crippen molar-refractivity contribution in [1.82, 2.24) is 9.97 Å². The molecule has 0 spiro atoms. The Kier molecular flexibility index (Phi) is 5.14. The van der Waals surface area contributed by atoms with E-state index in [-0.39, 0.29) is 17.8 Å². The van der Waals surface area contributed by atoms with Gasteiger partial charge in [0.2, 0.25) is 0 Å². The van der Waals surface area contributed by atoms with Crippen molar-refractivity contribution in [3.8, 4) is 17.0 Å². The van der Waals surface area contributed by atoms with Crippen molar-refractivity contribution in [2.24, 2.45) is 5.10 Å². The van der Waals surface area contributed by atoms with Crippen molar-refractivity contribution in [2.75, 3.05) is 5.43 Å². The van der Waals surface area contributed by atoms with Crippen molar-refractivity contribution in [1.29, 1.82) is 0 Å². The second-order valence-corrected chi connectivity index (χ2v) is 4.67. The van der Waals surface area contributed by atoms with Crippen molar-refractivity contribution < 1.29 is 31.1 Å². The van der Waals surface area contributed by atoms with E-state index in [9.17, 15) is 26.3 Å². The molecule has 1 heterocycles. The van der Waals surface area contributed by atoms with Gasteiger partial charge in [-0.05, 0) is 31.2 Å². The minimum Gasteiger partial charge on any atom is -0.406 e. The third kappa shape index (κ3) is 5.94. The largest absolute Gasteiger partial charge is 0.573 e. The van der Waals surface area contributed by atoms with E-state index in [1.165, 1.54) is 12.1 Å². The summed E-state index contributed by atoms with van der Waals surface area (Å²) in [6.45, 7) is 1.54. The summed E-state index contributed by atoms with van der Waals surface area (Å²) in [5, 5.41) is 2.98. The molecule has 1 N–H and O–H groups in total. The summed E-state index contributed by atoms with van der Waals surface area (Å²) >= 11 is 0. The number of aromatic nitrogens is 2. The maximum Gasteiger partial charge on any atom is 0.573 e. The summed E-state index contributed by atoms with van der Waals surface area (Å²) in [7, 11) is 0. The van der Waals surface area contributed by atoms with Crippen LogP contribution in [0.3, 0.4) is 0 Å². The molecule has 0 amide bonds. The average Bonchev–Trinajstić information content (AvgIpc) is 2.45. The number of benzene rings is 1. The molecule has 1 aromatic carbocycles. The van der Waals surface area contributed by atoms with E-state index in [1.54, 1.807) is 6.92 Å². The second kappa shape index (κ2) is 6.95. The Morgan fingerprint density at radius 2 is 1.72 bits per heavy atom. The first-order valence-corrected chi connectivity index (χ1v) is 6.60. The van der Waals surface area contributed by atoms with Crippen LogP contribution in [0, 0.1) is 6.92 Å². The van der Waals surface area contributed by atoms with E-state index in [0.29, 0.717) is 17.0 Å². The Hall–Kier alpha value is -2.85. The Morgan fingerprint density at radius 3 is 2.24 bits per heavy atom. The summed E-state index contributed by atoms with van der Waals surface area (Å²) in [5.74, 6) is -0.402. The Bertz CT molecular complexity index is 755. The van der Waals surface area contributed by atoms with Gasteiger partial charge in [-0.3, -0.25) is 10.4 Å². The number of nitrogens with one attached hydrogen (secondary N) is 1. The molecule has 134 valence electrons. The third-order valence-electron chi connectivity index (χ3n) is 2.70. The van der Waals surface area contributed by atoms with Gasteiger partial charge in [-0.2, -0.15) is 18.3 Å². The molecule has 0 aliphatic carbocycles. The lowest BCUT2D eigenvalue weighted by atomic mass is 10.1. The Labute approximate surface area is 137 Å². The maximum atomic E-state index is 12.1. The summed E-state index contributed by atoms with van der Waals surface area (Å²) in [4.78, 5) is 8.01. The monoisotopic (exact) mass is 364 g/mol. The van der Waals surface area contributed by atoms with Gasteiger partial charge in [0.1, 0.15) is 12.0 Å². The number of aryl methyl sites for hydroxylation is 1. The minimum absolute atomic E-state index is 0.0150. The highest BCUT2D eigenvalue weighted by atomic mass is 19.4. The van der Waals surface area contributed by atoms with Gasteiger partial charge in [0.15, 0.2) is 5.82 Å². The molecule has 0 aliphatic heterocycles. The number of ether oxygens (including phenoxy) is 1. The van der Waals surface area contributed by atoms with Gasteiger partial charge in [-0.15, -0.1) is 13.2 Å². The van der Waals surface area contributed by atoms with Crippen molar-refractivity contribution >= 4 is 12.0 Å². The van der Waals surface area contributed by atoms with E-state index < -0.39 is 12.5 Å². The molecule has 0 bridgehead atoms. The standard InChI is InChI=1S/C14H10F6N4O/c1-8-12(9-2-4-10(5-3-9)25-14(18,19)20)21-6-11(23-8)24-22-7-13(15,16)17/h2-7H,1H3,(H,23,24). The molecule has 1 aromatic heterocycles. The first kappa shape index (κ1) is 18.5. The lowest BCUT2D eigenvalue weighted by molar-refractivity contribution is -0.274. The van der Waals surface area contributed by atoms with Crippen LogP contribution >= 0.6 is 0 Å². The fraction of sp³-hybridized carbons (Fsp3) is 0.214. The van der Waals surface area contributed by atoms with Crippen molar-refractivity contribution in [3.05, 3.63) is 36.2 Å². The van der Waals surface area contributed by atoms with Crippen molar-refractivity contribution in [2.45, 2.75) is 19.5 Å². The zero-order valence-electron chi connectivity index (χ0n) is 12.5. The molecule has 5 nitrogen and oxygen atoms in total. The van der Waals surface area contributed by atoms with E-state index in [4.69, 9.17) is 0 Å². The number of hydrogen-bond donors (Lipinski definition) is 1. The number of rotatable bonds is 4. The van der Waals surface area contributed by atoms with Crippen LogP contribution in [0.5, 0.6) is 5.75 Å². The molecular formula is C14H10F6N4O. The normalized spacial score (nSPS) is 12.4. The van der Waals surface area contributed by atoms with E-state index in [2.05, 4.69) is 25.2 Å². The summed E-state index contributed by atoms with van der Waals surface area (Å²) in [6.07, 6.45) is -8.44. The van der Waals surface area contributed by atoms with Gasteiger partial charge in [-0.25, -0.2) is 4.98 Å². The highest BCUT2D eigenvalue weighted by Gasteiger charge is 2.31. The van der Waals surface area contributed by atoms with Gasteiger partial charge < -0.3 is 4.74 Å². The summed E-state index contributed by atoms with van der Waals surface area (Å²) in [6, 6.07) is 4.94. The van der Waals surface area contributed by atoms with Gasteiger partial charge >= 0.3 is 12.5 Å². The number of halogens is 6. The molecule has 0 saturated heterocycles. The quantitative estimate of drug-likeness (QED) is 0.499. The predicted molar refractivity (Wildman–Crippen MR) is 77.1 cm³/mol. The van der Waals surface area contributed by atoms with Gasteiger partial charge in [0, 0.05) is 5.56 Å². The molecule has 11 heteroatoms. The van der Waals surface area contributed by atoms with Crippen LogP contribution in [0.15, 0.2) is 35.6 Å². The smallest absolute Gasteiger partial charge is 0.406 e. The highest BCUT2D eigenvalue weighted by molar-refractivity contribution is 5.66. The molecule has 2 rings (SSSR count). The number of hydrazone groups is 1. The SMILES string of the molecule is Cc1nc(NN=CC(F)(F)F)cnc1-c1ccc(OC(F)(F)F)cc1. The minimum atomic E-state index is -4.79. The molecular weight excluding hydrogens is 354 g/mol. The Morgan fingerprint density at radius 1 is 1.08 bits per heavy atom. The fourth-order valence-electron chi connectivity index (χ4n) is 1.80. The van der Waals surface area contributed by atoms with Gasteiger partial charge in [0.05, 0.1) is 17.6 Å². The predicted octanol–water partition coefficient (Wildman–Crippen LogP) is 4.31. The van der Waals surface area contributed by atoms with E-state index >= 15 is 0 Å². The molecule has 0 fully saturated rings. The summed E-state index contributed by atoms with van der Waals surface area (Å²) in [5.41, 5.74) is 3.24. The topological polar surface area (TPSA) is 59.4 Å². The summed E-state index contributed by atoms with van der Waals surface area (Å²) < 4.78 is 76.0. The number of hydrogen-bond acceptors (Lipinski definition) is 5.